The van der Waals surface area contributed by atoms with Gasteiger partial charge in [-0.3, -0.25) is 4.72 Å². The molecule has 0 heterocycles. The zero-order valence-corrected chi connectivity index (χ0v) is 10.3. The van der Waals surface area contributed by atoms with Gasteiger partial charge in [-0.15, -0.1) is 0 Å². The highest BCUT2D eigenvalue weighted by Crippen LogP contribution is 2.15. The normalized spacial score (nSPS) is 10.4. The molecule has 0 bridgehead atoms. The van der Waals surface area contributed by atoms with E-state index in [1.807, 2.05) is 6.26 Å². The van der Waals surface area contributed by atoms with Gasteiger partial charge in [0.15, 0.2) is 0 Å². The van der Waals surface area contributed by atoms with Crippen LogP contribution in [0.1, 0.15) is 11.1 Å². The molecule has 0 fully saturated rings. The molecule has 3 heteroatoms. The van der Waals surface area contributed by atoms with Crippen LogP contribution < -0.4 is 4.72 Å². The van der Waals surface area contributed by atoms with E-state index in [2.05, 4.69) is 45.8 Å². The Bertz CT molecular complexity index is 255. The van der Waals surface area contributed by atoms with Gasteiger partial charge in [0.2, 0.25) is 0 Å². The molecule has 0 aliphatic carbocycles. The number of halogens is 1. The third kappa shape index (κ3) is 4.16. The molecule has 1 aromatic rings. The fourth-order valence-corrected chi connectivity index (χ4v) is 2.22. The van der Waals surface area contributed by atoms with Gasteiger partial charge in [-0.1, -0.05) is 33.9 Å². The highest BCUT2D eigenvalue weighted by atomic mass is 79.9. The van der Waals surface area contributed by atoms with Crippen LogP contribution in [0.4, 0.5) is 0 Å². The molecule has 0 aliphatic rings. The van der Waals surface area contributed by atoms with Crippen molar-refractivity contribution in [3.8, 4) is 0 Å². The van der Waals surface area contributed by atoms with Crippen LogP contribution in [0.15, 0.2) is 22.7 Å². The van der Waals surface area contributed by atoms with Crippen LogP contribution in [0.2, 0.25) is 0 Å². The van der Waals surface area contributed by atoms with E-state index in [9.17, 15) is 0 Å². The minimum absolute atomic E-state index is 1.02. The largest absolute Gasteiger partial charge is 0.264 e. The summed E-state index contributed by atoms with van der Waals surface area (Å²) in [5.74, 6) is 0. The van der Waals surface area contributed by atoms with E-state index in [1.54, 1.807) is 11.9 Å². The van der Waals surface area contributed by atoms with Crippen molar-refractivity contribution >= 4 is 27.9 Å². The van der Waals surface area contributed by atoms with Gasteiger partial charge in [-0.05, 0) is 42.9 Å². The molecule has 13 heavy (non-hydrogen) atoms. The van der Waals surface area contributed by atoms with E-state index >= 15 is 0 Å². The lowest BCUT2D eigenvalue weighted by atomic mass is 10.1. The summed E-state index contributed by atoms with van der Waals surface area (Å²) < 4.78 is 4.41. The molecule has 1 aromatic carbocycles. The topological polar surface area (TPSA) is 12.0 Å². The fraction of sp³-hybridized carbons (Fsp3) is 0.400. The maximum absolute atomic E-state index is 3.50. The molecule has 1 rings (SSSR count). The molecule has 0 saturated carbocycles. The molecule has 0 unspecified atom stereocenters. The van der Waals surface area contributed by atoms with E-state index in [4.69, 9.17) is 0 Å². The summed E-state index contributed by atoms with van der Waals surface area (Å²) in [6.07, 6.45) is 3.13. The van der Waals surface area contributed by atoms with E-state index < -0.39 is 0 Å². The first kappa shape index (κ1) is 11.1. The Balaban J connectivity index is 2.56. The first-order chi connectivity index (χ1) is 6.22. The fourth-order valence-electron chi connectivity index (χ4n) is 1.25. The molecule has 0 saturated heterocycles. The zero-order valence-electron chi connectivity index (χ0n) is 7.93. The molecule has 0 radical (unpaired) electrons. The van der Waals surface area contributed by atoms with Gasteiger partial charge in [0.25, 0.3) is 0 Å². The smallest absolute Gasteiger partial charge is 0.0180 e. The molecule has 0 atom stereocenters. The summed E-state index contributed by atoms with van der Waals surface area (Å²) in [5.41, 5.74) is 2.70. The van der Waals surface area contributed by atoms with Crippen LogP contribution in [0.5, 0.6) is 0 Å². The van der Waals surface area contributed by atoms with Crippen LogP contribution in [0, 0.1) is 6.92 Å². The summed E-state index contributed by atoms with van der Waals surface area (Å²) in [6.45, 7) is 3.15. The number of aryl methyl sites for hydroxylation is 1. The van der Waals surface area contributed by atoms with Crippen molar-refractivity contribution in [2.24, 2.45) is 0 Å². The Kier molecular flexibility index (Phi) is 4.84. The summed E-state index contributed by atoms with van der Waals surface area (Å²) in [5, 5.41) is 0. The van der Waals surface area contributed by atoms with Crippen molar-refractivity contribution in [2.45, 2.75) is 13.3 Å². The first-order valence-electron chi connectivity index (χ1n) is 4.24. The second kappa shape index (κ2) is 5.68. The van der Waals surface area contributed by atoms with Crippen LogP contribution in [-0.2, 0) is 6.42 Å². The quantitative estimate of drug-likeness (QED) is 0.659. The highest BCUT2D eigenvalue weighted by molar-refractivity contribution is 9.10. The van der Waals surface area contributed by atoms with E-state index in [1.165, 1.54) is 15.6 Å². The maximum atomic E-state index is 3.50. The average molecular weight is 260 g/mol. The molecular formula is C10H14BrNS. The van der Waals surface area contributed by atoms with Gasteiger partial charge < -0.3 is 0 Å². The second-order valence-electron chi connectivity index (χ2n) is 2.99. The van der Waals surface area contributed by atoms with Crippen molar-refractivity contribution in [3.05, 3.63) is 33.8 Å². The van der Waals surface area contributed by atoms with Crippen LogP contribution >= 0.6 is 27.9 Å². The molecule has 0 aliphatic heterocycles. The standard InChI is InChI=1S/C10H14BrNS/c1-8-5-9(3-4-12-13-2)7-10(11)6-8/h5-7,12H,3-4H2,1-2H3. The monoisotopic (exact) mass is 259 g/mol. The predicted octanol–water partition coefficient (Wildman–Crippen LogP) is 3.17. The van der Waals surface area contributed by atoms with Crippen molar-refractivity contribution in [1.82, 2.24) is 4.72 Å². The summed E-state index contributed by atoms with van der Waals surface area (Å²) in [7, 11) is 0. The Hall–Kier alpha value is 0.01000. The summed E-state index contributed by atoms with van der Waals surface area (Å²) >= 11 is 5.16. The molecule has 72 valence electrons. The number of nitrogens with one attached hydrogen (secondary N) is 1. The van der Waals surface area contributed by atoms with Gasteiger partial charge in [0.1, 0.15) is 0 Å². The second-order valence-corrected chi connectivity index (χ2v) is 4.60. The molecule has 0 aromatic heterocycles. The van der Waals surface area contributed by atoms with Gasteiger partial charge in [0, 0.05) is 11.0 Å². The first-order valence-corrected chi connectivity index (χ1v) is 6.26. The minimum Gasteiger partial charge on any atom is -0.264 e. The number of benzene rings is 1. The van der Waals surface area contributed by atoms with Crippen LogP contribution in [0.25, 0.3) is 0 Å². The van der Waals surface area contributed by atoms with Crippen molar-refractivity contribution in [2.75, 3.05) is 12.8 Å². The lowest BCUT2D eigenvalue weighted by Gasteiger charge is -2.04. The molecule has 0 spiro atoms. The van der Waals surface area contributed by atoms with E-state index in [0.29, 0.717) is 0 Å². The predicted molar refractivity (Wildman–Crippen MR) is 64.1 cm³/mol. The third-order valence-electron chi connectivity index (χ3n) is 1.76. The van der Waals surface area contributed by atoms with Crippen molar-refractivity contribution in [3.63, 3.8) is 0 Å². The summed E-state index contributed by atoms with van der Waals surface area (Å²) in [4.78, 5) is 0. The lowest BCUT2D eigenvalue weighted by Crippen LogP contribution is -2.07. The van der Waals surface area contributed by atoms with Gasteiger partial charge in [-0.25, -0.2) is 0 Å². The number of rotatable bonds is 4. The molecule has 0 amide bonds. The Morgan fingerprint density at radius 1 is 1.38 bits per heavy atom. The van der Waals surface area contributed by atoms with Crippen molar-refractivity contribution in [1.29, 1.82) is 0 Å². The Morgan fingerprint density at radius 3 is 2.77 bits per heavy atom. The van der Waals surface area contributed by atoms with E-state index in [-0.39, 0.29) is 0 Å². The molecular weight excluding hydrogens is 246 g/mol. The van der Waals surface area contributed by atoms with Crippen LogP contribution in [-0.4, -0.2) is 12.8 Å². The minimum atomic E-state index is 1.02. The third-order valence-corrected chi connectivity index (χ3v) is 2.71. The highest BCUT2D eigenvalue weighted by Gasteiger charge is 1.96. The summed E-state index contributed by atoms with van der Waals surface area (Å²) in [6, 6.07) is 6.53. The lowest BCUT2D eigenvalue weighted by molar-refractivity contribution is 0.908. The average Bonchev–Trinajstić information content (AvgIpc) is 2.03. The Morgan fingerprint density at radius 2 is 2.15 bits per heavy atom. The number of hydrogen-bond donors (Lipinski definition) is 1. The van der Waals surface area contributed by atoms with Gasteiger partial charge in [-0.2, -0.15) is 0 Å². The van der Waals surface area contributed by atoms with Gasteiger partial charge >= 0.3 is 0 Å². The Labute approximate surface area is 92.6 Å². The van der Waals surface area contributed by atoms with Crippen LogP contribution in [0.3, 0.4) is 0 Å². The zero-order chi connectivity index (χ0) is 9.68. The van der Waals surface area contributed by atoms with Gasteiger partial charge in [0.05, 0.1) is 0 Å². The molecule has 1 N–H and O–H groups in total. The van der Waals surface area contributed by atoms with E-state index in [0.717, 1.165) is 13.0 Å². The SMILES string of the molecule is CSNCCc1cc(C)cc(Br)c1. The maximum Gasteiger partial charge on any atom is 0.0180 e. The molecule has 1 nitrogen and oxygen atoms in total. The van der Waals surface area contributed by atoms with Crippen molar-refractivity contribution < 1.29 is 0 Å². The number of hydrogen-bond acceptors (Lipinski definition) is 2.